The van der Waals surface area contributed by atoms with Gasteiger partial charge in [0.2, 0.25) is 0 Å². The van der Waals surface area contributed by atoms with Crippen LogP contribution in [-0.4, -0.2) is 13.2 Å². The van der Waals surface area contributed by atoms with E-state index in [1.54, 1.807) is 7.11 Å². The minimum atomic E-state index is 0.333. The lowest BCUT2D eigenvalue weighted by Crippen LogP contribution is -2.55. The van der Waals surface area contributed by atoms with E-state index in [0.717, 1.165) is 29.9 Å². The molecule has 1 aromatic carbocycles. The number of benzene rings is 1. The first kappa shape index (κ1) is 13.6. The second-order valence-electron chi connectivity index (χ2n) is 7.94. The minimum Gasteiger partial charge on any atom is -0.497 e. The van der Waals surface area contributed by atoms with Gasteiger partial charge < -0.3 is 10.5 Å². The lowest BCUT2D eigenvalue weighted by molar-refractivity contribution is -0.0667. The molecule has 4 bridgehead atoms. The van der Waals surface area contributed by atoms with E-state index < -0.39 is 0 Å². The summed E-state index contributed by atoms with van der Waals surface area (Å²) in [6.07, 6.45) is 9.70. The number of hydrogen-bond donors (Lipinski definition) is 1. The average molecular weight is 285 g/mol. The Morgan fingerprint density at radius 2 is 1.57 bits per heavy atom. The van der Waals surface area contributed by atoms with Crippen LogP contribution >= 0.6 is 0 Å². The maximum Gasteiger partial charge on any atom is 0.118 e. The van der Waals surface area contributed by atoms with Gasteiger partial charge in [-0.3, -0.25) is 0 Å². The zero-order chi connectivity index (χ0) is 14.4. The maximum atomic E-state index is 6.74. The summed E-state index contributed by atoms with van der Waals surface area (Å²) in [5.41, 5.74) is 8.56. The van der Waals surface area contributed by atoms with Gasteiger partial charge in [0, 0.05) is 6.04 Å². The number of nitrogens with two attached hydrogens (primary N) is 1. The van der Waals surface area contributed by atoms with Crippen molar-refractivity contribution >= 4 is 0 Å². The molecular weight excluding hydrogens is 258 g/mol. The zero-order valence-corrected chi connectivity index (χ0v) is 13.1. The molecule has 21 heavy (non-hydrogen) atoms. The van der Waals surface area contributed by atoms with Gasteiger partial charge in [-0.15, -0.1) is 0 Å². The summed E-state index contributed by atoms with van der Waals surface area (Å²) in [7, 11) is 1.72. The average Bonchev–Trinajstić information content (AvgIpc) is 2.46. The summed E-state index contributed by atoms with van der Waals surface area (Å²) >= 11 is 0. The van der Waals surface area contributed by atoms with Crippen LogP contribution in [0.2, 0.25) is 0 Å². The van der Waals surface area contributed by atoms with E-state index in [4.69, 9.17) is 10.5 Å². The normalized spacial score (nSPS) is 38.5. The molecule has 5 rings (SSSR count). The van der Waals surface area contributed by atoms with Crippen LogP contribution in [-0.2, 0) is 6.42 Å². The topological polar surface area (TPSA) is 35.2 Å². The lowest BCUT2D eigenvalue weighted by atomic mass is 9.47. The third-order valence-corrected chi connectivity index (χ3v) is 6.49. The van der Waals surface area contributed by atoms with Crippen molar-refractivity contribution in [1.82, 2.24) is 0 Å². The summed E-state index contributed by atoms with van der Waals surface area (Å²) in [5, 5.41) is 0. The van der Waals surface area contributed by atoms with Crippen molar-refractivity contribution in [1.29, 1.82) is 0 Å². The molecule has 0 aliphatic heterocycles. The van der Waals surface area contributed by atoms with Gasteiger partial charge in [-0.05, 0) is 85.8 Å². The Balaban J connectivity index is 1.50. The molecule has 1 unspecified atom stereocenters. The van der Waals surface area contributed by atoms with E-state index in [2.05, 4.69) is 24.3 Å². The first-order valence-corrected chi connectivity index (χ1v) is 8.55. The smallest absolute Gasteiger partial charge is 0.118 e. The maximum absolute atomic E-state index is 6.74. The molecule has 0 amide bonds. The highest BCUT2D eigenvalue weighted by Gasteiger charge is 2.53. The zero-order valence-electron chi connectivity index (χ0n) is 13.1. The molecule has 4 fully saturated rings. The van der Waals surface area contributed by atoms with E-state index >= 15 is 0 Å². The number of methoxy groups -OCH3 is 1. The molecule has 0 saturated heterocycles. The van der Waals surface area contributed by atoms with E-state index in [9.17, 15) is 0 Å². The van der Waals surface area contributed by atoms with E-state index in [0.29, 0.717) is 11.5 Å². The molecule has 1 aromatic rings. The molecule has 4 aliphatic rings. The Kier molecular flexibility index (Phi) is 3.25. The van der Waals surface area contributed by atoms with Gasteiger partial charge in [-0.25, -0.2) is 0 Å². The SMILES string of the molecule is COc1ccc(CC(N)C23CC4CC(CC(C4)C2)C3)cc1. The van der Waals surface area contributed by atoms with Gasteiger partial charge >= 0.3 is 0 Å². The monoisotopic (exact) mass is 285 g/mol. The van der Waals surface area contributed by atoms with Gasteiger partial charge in [0.25, 0.3) is 0 Å². The van der Waals surface area contributed by atoms with Crippen molar-refractivity contribution in [3.63, 3.8) is 0 Å². The Bertz CT molecular complexity index is 472. The molecule has 0 spiro atoms. The Morgan fingerprint density at radius 1 is 1.05 bits per heavy atom. The van der Waals surface area contributed by atoms with Crippen molar-refractivity contribution in [3.8, 4) is 5.75 Å². The predicted molar refractivity (Wildman–Crippen MR) is 85.3 cm³/mol. The van der Waals surface area contributed by atoms with Crippen LogP contribution in [0.3, 0.4) is 0 Å². The van der Waals surface area contributed by atoms with Crippen molar-refractivity contribution in [2.45, 2.75) is 51.0 Å². The van der Waals surface area contributed by atoms with Crippen molar-refractivity contribution in [2.24, 2.45) is 28.9 Å². The molecule has 0 heterocycles. The van der Waals surface area contributed by atoms with Crippen LogP contribution in [0.1, 0.15) is 44.1 Å². The highest BCUT2D eigenvalue weighted by molar-refractivity contribution is 5.28. The summed E-state index contributed by atoms with van der Waals surface area (Å²) in [5.74, 6) is 3.89. The second-order valence-corrected chi connectivity index (χ2v) is 7.94. The summed E-state index contributed by atoms with van der Waals surface area (Å²) < 4.78 is 5.24. The Hall–Kier alpha value is -1.02. The summed E-state index contributed by atoms with van der Waals surface area (Å²) in [6.45, 7) is 0. The fraction of sp³-hybridized carbons (Fsp3) is 0.684. The Labute approximate surface area is 128 Å². The minimum absolute atomic E-state index is 0.333. The van der Waals surface area contributed by atoms with Gasteiger partial charge in [0.05, 0.1) is 7.11 Å². The summed E-state index contributed by atoms with van der Waals surface area (Å²) in [4.78, 5) is 0. The van der Waals surface area contributed by atoms with E-state index in [1.807, 2.05) is 0 Å². The van der Waals surface area contributed by atoms with Gasteiger partial charge in [-0.2, -0.15) is 0 Å². The molecule has 2 heteroatoms. The van der Waals surface area contributed by atoms with Crippen LogP contribution in [0, 0.1) is 23.2 Å². The molecule has 114 valence electrons. The molecule has 2 nitrogen and oxygen atoms in total. The second kappa shape index (κ2) is 5.01. The lowest BCUT2D eigenvalue weighted by Gasteiger charge is -2.59. The fourth-order valence-electron chi connectivity index (χ4n) is 5.86. The third kappa shape index (κ3) is 2.38. The third-order valence-electron chi connectivity index (χ3n) is 6.49. The molecule has 0 aromatic heterocycles. The largest absolute Gasteiger partial charge is 0.497 e. The molecule has 4 saturated carbocycles. The molecular formula is C19H27NO. The van der Waals surface area contributed by atoms with Gasteiger partial charge in [0.15, 0.2) is 0 Å². The highest BCUT2D eigenvalue weighted by Crippen LogP contribution is 2.61. The molecule has 2 N–H and O–H groups in total. The molecule has 0 radical (unpaired) electrons. The van der Waals surface area contributed by atoms with Crippen LogP contribution < -0.4 is 10.5 Å². The van der Waals surface area contributed by atoms with Crippen LogP contribution in [0.25, 0.3) is 0 Å². The molecule has 4 aliphatic carbocycles. The highest BCUT2D eigenvalue weighted by atomic mass is 16.5. The van der Waals surface area contributed by atoms with Gasteiger partial charge in [-0.1, -0.05) is 12.1 Å². The van der Waals surface area contributed by atoms with Crippen molar-refractivity contribution in [3.05, 3.63) is 29.8 Å². The van der Waals surface area contributed by atoms with Crippen molar-refractivity contribution in [2.75, 3.05) is 7.11 Å². The quantitative estimate of drug-likeness (QED) is 0.913. The number of ether oxygens (including phenoxy) is 1. The first-order chi connectivity index (χ1) is 10.2. The first-order valence-electron chi connectivity index (χ1n) is 8.55. The standard InChI is InChI=1S/C19H27NO/c1-21-17-4-2-13(3-5-17)9-18(20)19-10-14-6-15(11-19)8-16(7-14)12-19/h2-5,14-16,18H,6-12,20H2,1H3. The van der Waals surface area contributed by atoms with Crippen LogP contribution in [0.4, 0.5) is 0 Å². The van der Waals surface area contributed by atoms with Crippen molar-refractivity contribution < 1.29 is 4.74 Å². The van der Waals surface area contributed by atoms with Gasteiger partial charge in [0.1, 0.15) is 5.75 Å². The fourth-order valence-corrected chi connectivity index (χ4v) is 5.86. The number of hydrogen-bond acceptors (Lipinski definition) is 2. The van der Waals surface area contributed by atoms with E-state index in [1.165, 1.54) is 44.1 Å². The predicted octanol–water partition coefficient (Wildman–Crippen LogP) is 3.78. The Morgan fingerprint density at radius 3 is 2.05 bits per heavy atom. The van der Waals surface area contributed by atoms with Crippen LogP contribution in [0.5, 0.6) is 5.75 Å². The van der Waals surface area contributed by atoms with E-state index in [-0.39, 0.29) is 0 Å². The number of rotatable bonds is 4. The van der Waals surface area contributed by atoms with Crippen LogP contribution in [0.15, 0.2) is 24.3 Å². The summed E-state index contributed by atoms with van der Waals surface area (Å²) in [6, 6.07) is 8.81. The molecule has 1 atom stereocenters.